The summed E-state index contributed by atoms with van der Waals surface area (Å²) in [5.41, 5.74) is 7.61. The van der Waals surface area contributed by atoms with Crippen molar-refractivity contribution in [3.05, 3.63) is 297 Å². The third-order valence-electron chi connectivity index (χ3n) is 11.7. The summed E-state index contributed by atoms with van der Waals surface area (Å²) in [5, 5.41) is 0. The van der Waals surface area contributed by atoms with Crippen molar-refractivity contribution >= 4 is 94.1 Å². The van der Waals surface area contributed by atoms with Crippen molar-refractivity contribution in [2.75, 3.05) is 31.3 Å². The number of rotatable bonds is 14. The molecule has 0 aliphatic carbocycles. The van der Waals surface area contributed by atoms with Crippen LogP contribution in [0.5, 0.6) is 0 Å². The van der Waals surface area contributed by atoms with E-state index in [0.29, 0.717) is 0 Å². The molecule has 0 aliphatic rings. The third kappa shape index (κ3) is 21.7. The van der Waals surface area contributed by atoms with Crippen LogP contribution in [0, 0.1) is 0 Å². The highest BCUT2D eigenvalue weighted by atomic mass is 32.2. The van der Waals surface area contributed by atoms with Crippen molar-refractivity contribution < 1.29 is 0 Å². The van der Waals surface area contributed by atoms with Crippen LogP contribution in [-0.2, 0) is 0 Å². The molecule has 0 amide bonds. The molecule has 11 rings (SSSR count). The first-order chi connectivity index (χ1) is 38.9. The summed E-state index contributed by atoms with van der Waals surface area (Å²) in [7, 11) is 0. The molecule has 0 fully saturated rings. The van der Waals surface area contributed by atoms with Gasteiger partial charge >= 0.3 is 0 Å². The fraction of sp³-hybridized carbons (Fsp3) is 0.0704. The van der Waals surface area contributed by atoms with Crippen molar-refractivity contribution in [3.63, 3.8) is 0 Å². The zero-order valence-electron chi connectivity index (χ0n) is 45.1. The van der Waals surface area contributed by atoms with Crippen LogP contribution in [0.3, 0.4) is 0 Å². The molecule has 396 valence electrons. The van der Waals surface area contributed by atoms with E-state index in [2.05, 4.69) is 286 Å². The molecule has 8 heteroatoms. The van der Waals surface area contributed by atoms with E-state index >= 15 is 0 Å². The predicted octanol–water partition coefficient (Wildman–Crippen LogP) is 23.5. The van der Waals surface area contributed by atoms with E-state index < -0.39 is 0 Å². The van der Waals surface area contributed by atoms with Gasteiger partial charge in [-0.25, -0.2) is 0 Å². The van der Waals surface area contributed by atoms with Gasteiger partial charge in [0.15, 0.2) is 0 Å². The van der Waals surface area contributed by atoms with Gasteiger partial charge in [-0.1, -0.05) is 199 Å². The van der Waals surface area contributed by atoms with E-state index in [1.807, 2.05) is 42.5 Å². The minimum absolute atomic E-state index is 1.26. The molecule has 0 atom stereocenters. The van der Waals surface area contributed by atoms with Gasteiger partial charge < -0.3 is 0 Å². The van der Waals surface area contributed by atoms with Crippen molar-refractivity contribution in [2.24, 2.45) is 0 Å². The van der Waals surface area contributed by atoms with Crippen LogP contribution < -0.4 is 0 Å². The second-order valence-corrected chi connectivity index (χ2v) is 24.9. The fourth-order valence-corrected chi connectivity index (χ4v) is 12.0. The van der Waals surface area contributed by atoms with Gasteiger partial charge in [-0.2, -0.15) is 0 Å². The summed E-state index contributed by atoms with van der Waals surface area (Å²) in [6.07, 6.45) is 10.5. The molecule has 0 heterocycles. The van der Waals surface area contributed by atoms with Crippen LogP contribution in [0.2, 0.25) is 0 Å². The Kier molecular flexibility index (Phi) is 27.0. The van der Waals surface area contributed by atoms with Gasteiger partial charge in [0.05, 0.1) is 0 Å². The SMILES string of the molecule is CSc1ccc(-c2ccc(-c3ccccc3)cc2)cc1.CSc1ccc(-c2ccccc2)cc1.CSc1ccc(Sc2ccc(Sc3ccccc3)cc2)cc1.CSc1ccc(Sc2ccccc2)cc1.CSc1ccccc1. The van der Waals surface area contributed by atoms with Gasteiger partial charge in [-0.05, 0) is 198 Å². The van der Waals surface area contributed by atoms with Crippen LogP contribution >= 0.6 is 94.1 Å². The molecule has 0 aliphatic heterocycles. The summed E-state index contributed by atoms with van der Waals surface area (Å²) in [6, 6.07) is 104. The summed E-state index contributed by atoms with van der Waals surface area (Å²) >= 11 is 14.3. The van der Waals surface area contributed by atoms with E-state index in [0.717, 1.165) is 0 Å². The highest BCUT2D eigenvalue weighted by molar-refractivity contribution is 8.00. The van der Waals surface area contributed by atoms with E-state index in [-0.39, 0.29) is 0 Å². The average Bonchev–Trinajstić information content (AvgIpc) is 3.54. The summed E-state index contributed by atoms with van der Waals surface area (Å²) < 4.78 is 0. The maximum absolute atomic E-state index is 2.19. The summed E-state index contributed by atoms with van der Waals surface area (Å²) in [4.78, 5) is 14.2. The average molecular weight is 1170 g/mol. The largest absolute Gasteiger partial charge is 0.130 e. The van der Waals surface area contributed by atoms with E-state index in [1.54, 1.807) is 94.1 Å². The summed E-state index contributed by atoms with van der Waals surface area (Å²) in [5.74, 6) is 0. The number of hydrogen-bond acceptors (Lipinski definition) is 8. The molecular formula is C71H64S8. The molecule has 0 N–H and O–H groups in total. The molecular weight excluding hydrogens is 1110 g/mol. The Morgan fingerprint density at radius 1 is 0.139 bits per heavy atom. The van der Waals surface area contributed by atoms with Crippen LogP contribution in [0.15, 0.2) is 351 Å². The van der Waals surface area contributed by atoms with Crippen molar-refractivity contribution in [3.8, 4) is 33.4 Å². The van der Waals surface area contributed by atoms with Gasteiger partial charge in [-0.15, -0.1) is 58.8 Å². The first kappa shape index (κ1) is 60.9. The summed E-state index contributed by atoms with van der Waals surface area (Å²) in [6.45, 7) is 0. The Morgan fingerprint density at radius 3 is 0.494 bits per heavy atom. The maximum atomic E-state index is 2.19. The Labute approximate surface area is 505 Å². The van der Waals surface area contributed by atoms with Gasteiger partial charge in [0.25, 0.3) is 0 Å². The number of thioether (sulfide) groups is 5. The van der Waals surface area contributed by atoms with E-state index in [4.69, 9.17) is 0 Å². The highest BCUT2D eigenvalue weighted by Gasteiger charge is 2.03. The predicted molar refractivity (Wildman–Crippen MR) is 359 cm³/mol. The zero-order valence-corrected chi connectivity index (χ0v) is 51.6. The lowest BCUT2D eigenvalue weighted by Gasteiger charge is -2.05. The van der Waals surface area contributed by atoms with Gasteiger partial charge in [0, 0.05) is 53.9 Å². The topological polar surface area (TPSA) is 0 Å². The third-order valence-corrected chi connectivity index (χ3v) is 18.5. The van der Waals surface area contributed by atoms with Crippen molar-refractivity contribution in [1.82, 2.24) is 0 Å². The molecule has 0 saturated heterocycles. The van der Waals surface area contributed by atoms with Gasteiger partial charge in [-0.3, -0.25) is 0 Å². The highest BCUT2D eigenvalue weighted by Crippen LogP contribution is 2.34. The number of benzene rings is 11. The van der Waals surface area contributed by atoms with Crippen LogP contribution in [-0.4, -0.2) is 31.3 Å². The lowest BCUT2D eigenvalue weighted by molar-refractivity contribution is 1.31. The zero-order chi connectivity index (χ0) is 55.1. The molecule has 11 aromatic rings. The maximum Gasteiger partial charge on any atom is 0.0123 e. The molecule has 0 saturated carbocycles. The molecule has 0 bridgehead atoms. The Balaban J connectivity index is 0.000000147. The Morgan fingerprint density at radius 2 is 0.278 bits per heavy atom. The van der Waals surface area contributed by atoms with E-state index in [9.17, 15) is 0 Å². The van der Waals surface area contributed by atoms with Crippen molar-refractivity contribution in [1.29, 1.82) is 0 Å². The van der Waals surface area contributed by atoms with Crippen LogP contribution in [0.25, 0.3) is 33.4 Å². The van der Waals surface area contributed by atoms with E-state index in [1.165, 1.54) is 87.2 Å². The quantitative estimate of drug-likeness (QED) is 0.0976. The fourth-order valence-electron chi connectivity index (χ4n) is 7.49. The smallest absolute Gasteiger partial charge is 0.0123 e. The molecule has 0 radical (unpaired) electrons. The van der Waals surface area contributed by atoms with Crippen molar-refractivity contribution in [2.45, 2.75) is 53.9 Å². The second kappa shape index (κ2) is 35.1. The van der Waals surface area contributed by atoms with Crippen LogP contribution in [0.4, 0.5) is 0 Å². The minimum atomic E-state index is 1.26. The molecule has 79 heavy (non-hydrogen) atoms. The monoisotopic (exact) mass is 1170 g/mol. The lowest BCUT2D eigenvalue weighted by Crippen LogP contribution is -1.80. The second-order valence-electron chi connectivity index (χ2n) is 17.0. The normalized spacial score (nSPS) is 10.2. The van der Waals surface area contributed by atoms with Gasteiger partial charge in [0.1, 0.15) is 0 Å². The Bertz CT molecular complexity index is 3340. The molecule has 0 nitrogen and oxygen atoms in total. The molecule has 11 aromatic carbocycles. The molecule has 0 spiro atoms. The lowest BCUT2D eigenvalue weighted by atomic mass is 10.0. The standard InChI is InChI=1S/C19H16S3.C19H16S.C13H12S2.C13H12S.C7H8S/c1-20-15-7-9-17(10-8-15)22-19-13-11-18(12-14-19)21-16-5-3-2-4-6-16;1-20-19-13-11-18(12-14-19)17-9-7-16(8-10-17)15-5-3-2-4-6-15;1-14-11-7-9-13(10-8-11)15-12-5-3-2-4-6-12;1-14-13-9-7-12(8-10-13)11-5-3-2-4-6-11;1-8-7-5-3-2-4-6-7/h2-14H,1H3;2-14H,1H3;2-10H,1H3;2-10H,1H3;2-6H,1H3. The molecule has 0 aromatic heterocycles. The van der Waals surface area contributed by atoms with Crippen LogP contribution in [0.1, 0.15) is 0 Å². The number of hydrogen-bond donors (Lipinski definition) is 0. The Hall–Kier alpha value is -5.78. The molecule has 0 unspecified atom stereocenters. The first-order valence-electron chi connectivity index (χ1n) is 25.5. The minimum Gasteiger partial charge on any atom is -0.130 e. The van der Waals surface area contributed by atoms with Gasteiger partial charge in [0.2, 0.25) is 0 Å². The first-order valence-corrected chi connectivity index (χ1v) is 34.1.